The molecular weight excluding hydrogens is 462 g/mol. The molecule has 0 bridgehead atoms. The van der Waals surface area contributed by atoms with Crippen LogP contribution in [0.2, 0.25) is 0 Å². The fourth-order valence-electron chi connectivity index (χ4n) is 3.27. The highest BCUT2D eigenvalue weighted by atomic mass is 32.2. The van der Waals surface area contributed by atoms with Gasteiger partial charge in [-0.25, -0.2) is 14.8 Å². The highest BCUT2D eigenvalue weighted by molar-refractivity contribution is 8.01. The topological polar surface area (TPSA) is 126 Å². The number of rotatable bonds is 7. The van der Waals surface area contributed by atoms with E-state index < -0.39 is 28.2 Å². The second kappa shape index (κ2) is 9.67. The van der Waals surface area contributed by atoms with Crippen LogP contribution in [-0.4, -0.2) is 69.3 Å². The van der Waals surface area contributed by atoms with Crippen LogP contribution in [0.1, 0.15) is 6.92 Å². The maximum Gasteiger partial charge on any atom is 0.332 e. The van der Waals surface area contributed by atoms with Gasteiger partial charge in [0.25, 0.3) is 5.56 Å². The molecule has 1 atom stereocenters. The molecule has 0 aliphatic rings. The molecule has 1 amide bonds. The first-order valence-electron chi connectivity index (χ1n) is 10.1. The van der Waals surface area contributed by atoms with Crippen molar-refractivity contribution in [1.82, 2.24) is 24.0 Å². The number of thioether (sulfide) groups is 1. The van der Waals surface area contributed by atoms with Gasteiger partial charge in [0, 0.05) is 33.8 Å². The summed E-state index contributed by atoms with van der Waals surface area (Å²) in [7, 11) is 8.89. The summed E-state index contributed by atoms with van der Waals surface area (Å²) in [5.74, 6) is 0.262. The van der Waals surface area contributed by atoms with Crippen LogP contribution in [0.4, 0.5) is 0 Å². The first-order chi connectivity index (χ1) is 16.0. The number of nitrogens with zero attached hydrogens (tertiary/aromatic N) is 5. The van der Waals surface area contributed by atoms with Crippen molar-refractivity contribution in [2.45, 2.75) is 17.2 Å². The van der Waals surface area contributed by atoms with Crippen LogP contribution in [0.15, 0.2) is 32.8 Å². The lowest BCUT2D eigenvalue weighted by atomic mass is 10.2. The van der Waals surface area contributed by atoms with Gasteiger partial charge in [-0.3, -0.25) is 23.5 Å². The van der Waals surface area contributed by atoms with Crippen LogP contribution >= 0.6 is 11.8 Å². The number of carbonyl (C=O) groups is 2. The lowest BCUT2D eigenvalue weighted by Gasteiger charge is -2.19. The summed E-state index contributed by atoms with van der Waals surface area (Å²) in [6.07, 6.45) is 0. The number of carbonyl (C=O) groups excluding carboxylic acids is 2. The highest BCUT2D eigenvalue weighted by Crippen LogP contribution is 2.34. The van der Waals surface area contributed by atoms with E-state index in [4.69, 9.17) is 9.47 Å². The number of ketones is 1. The zero-order valence-electron chi connectivity index (χ0n) is 19.9. The van der Waals surface area contributed by atoms with Crippen molar-refractivity contribution in [3.8, 4) is 22.9 Å². The molecule has 34 heavy (non-hydrogen) atoms. The minimum absolute atomic E-state index is 0.0385. The van der Waals surface area contributed by atoms with E-state index in [1.165, 1.54) is 58.8 Å². The molecule has 0 aliphatic carbocycles. The maximum absolute atomic E-state index is 13.0. The molecule has 3 aromatic rings. The third kappa shape index (κ3) is 4.40. The number of aromatic nitrogens is 4. The molecule has 0 N–H and O–H groups in total. The van der Waals surface area contributed by atoms with Crippen LogP contribution < -0.4 is 20.7 Å². The number of aryl methyl sites for hydroxylation is 1. The Morgan fingerprint density at radius 1 is 1.03 bits per heavy atom. The number of amides is 1. The van der Waals surface area contributed by atoms with E-state index in [1.54, 1.807) is 18.2 Å². The number of methoxy groups -OCH3 is 2. The lowest BCUT2D eigenvalue weighted by molar-refractivity contribution is -0.132. The third-order valence-electron chi connectivity index (χ3n) is 5.17. The van der Waals surface area contributed by atoms with Gasteiger partial charge in [0.05, 0.1) is 14.2 Å². The quantitative estimate of drug-likeness (QED) is 0.271. The second-order valence-corrected chi connectivity index (χ2v) is 8.76. The number of hydrogen-bond acceptors (Lipinski definition) is 9. The molecule has 2 aromatic heterocycles. The minimum Gasteiger partial charge on any atom is -0.493 e. The number of Topliss-reactive ketones (excluding diaryl/α,β-unsaturated/α-hetero) is 1. The Morgan fingerprint density at radius 3 is 2.24 bits per heavy atom. The molecule has 1 aromatic carbocycles. The van der Waals surface area contributed by atoms with Gasteiger partial charge in [-0.05, 0) is 25.1 Å². The summed E-state index contributed by atoms with van der Waals surface area (Å²) in [4.78, 5) is 61.0. The van der Waals surface area contributed by atoms with Crippen molar-refractivity contribution in [3.05, 3.63) is 39.0 Å². The summed E-state index contributed by atoms with van der Waals surface area (Å²) in [6, 6.07) is 5.02. The zero-order chi connectivity index (χ0) is 25.3. The van der Waals surface area contributed by atoms with E-state index >= 15 is 0 Å². The van der Waals surface area contributed by atoms with Gasteiger partial charge in [-0.2, -0.15) is 0 Å². The van der Waals surface area contributed by atoms with E-state index in [9.17, 15) is 19.2 Å². The van der Waals surface area contributed by atoms with Gasteiger partial charge in [-0.15, -0.1) is 0 Å². The predicted octanol–water partition coefficient (Wildman–Crippen LogP) is 0.849. The first-order valence-corrected chi connectivity index (χ1v) is 11.0. The summed E-state index contributed by atoms with van der Waals surface area (Å²) in [5, 5.41) is -0.980. The molecule has 12 heteroatoms. The van der Waals surface area contributed by atoms with Gasteiger partial charge in [0.1, 0.15) is 15.7 Å². The summed E-state index contributed by atoms with van der Waals surface area (Å²) >= 11 is 0.850. The average Bonchev–Trinajstić information content (AvgIpc) is 2.82. The van der Waals surface area contributed by atoms with Gasteiger partial charge in [-0.1, -0.05) is 11.8 Å². The number of fused-ring (bicyclic) bond motifs is 1. The Hall–Kier alpha value is -3.67. The average molecular weight is 488 g/mol. The lowest BCUT2D eigenvalue weighted by Crippen LogP contribution is -2.38. The Morgan fingerprint density at radius 2 is 1.68 bits per heavy atom. The highest BCUT2D eigenvalue weighted by Gasteiger charge is 2.29. The second-order valence-electron chi connectivity index (χ2n) is 7.67. The summed E-state index contributed by atoms with van der Waals surface area (Å²) in [6.45, 7) is 1.30. The molecule has 1 unspecified atom stereocenters. The van der Waals surface area contributed by atoms with Crippen LogP contribution in [0.5, 0.6) is 11.5 Å². The van der Waals surface area contributed by atoms with Crippen LogP contribution in [-0.2, 0) is 23.7 Å². The van der Waals surface area contributed by atoms with E-state index in [0.717, 1.165) is 16.3 Å². The molecule has 11 nitrogen and oxygen atoms in total. The Kier molecular flexibility index (Phi) is 7.10. The molecule has 3 rings (SSSR count). The number of ether oxygens (including phenoxy) is 2. The van der Waals surface area contributed by atoms with E-state index in [1.807, 2.05) is 0 Å². The molecule has 0 radical (unpaired) electrons. The van der Waals surface area contributed by atoms with Crippen molar-refractivity contribution in [1.29, 1.82) is 0 Å². The van der Waals surface area contributed by atoms with Crippen molar-refractivity contribution in [2.24, 2.45) is 14.1 Å². The van der Waals surface area contributed by atoms with Crippen molar-refractivity contribution < 1.29 is 19.1 Å². The standard InChI is InChI=1S/C22H25N5O6S/c1-11(28)16(21(30)25(2)3)34-19-15-18(26(4)22(31)27(5)20(15)29)23-17(24-19)12-8-9-13(32-6)14(10-12)33-7/h8-10,16H,1-7H3. The molecule has 2 heterocycles. The first kappa shape index (κ1) is 25.0. The fourth-order valence-corrected chi connectivity index (χ4v) is 4.41. The van der Waals surface area contributed by atoms with Crippen LogP contribution in [0.25, 0.3) is 22.4 Å². The smallest absolute Gasteiger partial charge is 0.332 e. The van der Waals surface area contributed by atoms with Crippen LogP contribution in [0.3, 0.4) is 0 Å². The normalized spacial score (nSPS) is 11.9. The molecule has 0 spiro atoms. The van der Waals surface area contributed by atoms with Gasteiger partial charge >= 0.3 is 5.69 Å². The van der Waals surface area contributed by atoms with Gasteiger partial charge in [0.2, 0.25) is 5.91 Å². The van der Waals surface area contributed by atoms with Gasteiger partial charge < -0.3 is 14.4 Å². The monoisotopic (exact) mass is 487 g/mol. The van der Waals surface area contributed by atoms with Crippen LogP contribution in [0, 0.1) is 0 Å². The van der Waals surface area contributed by atoms with E-state index in [-0.39, 0.29) is 21.9 Å². The van der Waals surface area contributed by atoms with Crippen molar-refractivity contribution >= 4 is 34.5 Å². The predicted molar refractivity (Wildman–Crippen MR) is 128 cm³/mol. The molecular formula is C22H25N5O6S. The van der Waals surface area contributed by atoms with E-state index in [0.29, 0.717) is 17.1 Å². The third-order valence-corrected chi connectivity index (χ3v) is 6.46. The van der Waals surface area contributed by atoms with Crippen molar-refractivity contribution in [3.63, 3.8) is 0 Å². The minimum atomic E-state index is -1.13. The molecule has 0 aliphatic heterocycles. The fraction of sp³-hybridized carbons (Fsp3) is 0.364. The zero-order valence-corrected chi connectivity index (χ0v) is 20.7. The number of benzene rings is 1. The molecule has 0 fully saturated rings. The summed E-state index contributed by atoms with van der Waals surface area (Å²) < 4.78 is 12.8. The molecule has 180 valence electrons. The Bertz CT molecular complexity index is 1410. The Balaban J connectivity index is 2.36. The maximum atomic E-state index is 13.0. The summed E-state index contributed by atoms with van der Waals surface area (Å²) in [5.41, 5.74) is -0.597. The van der Waals surface area contributed by atoms with E-state index in [2.05, 4.69) is 9.97 Å². The Labute approximate surface area is 199 Å². The number of hydrogen-bond donors (Lipinski definition) is 0. The SMILES string of the molecule is COc1ccc(-c2nc(SC(C(C)=O)C(=O)N(C)C)c3c(=O)n(C)c(=O)n(C)c3n2)cc1OC. The van der Waals surface area contributed by atoms with Gasteiger partial charge in [0.15, 0.2) is 28.8 Å². The van der Waals surface area contributed by atoms with Crippen molar-refractivity contribution in [2.75, 3.05) is 28.3 Å². The molecule has 0 saturated heterocycles. The molecule has 0 saturated carbocycles. The largest absolute Gasteiger partial charge is 0.493 e.